The van der Waals surface area contributed by atoms with Gasteiger partial charge in [-0.3, -0.25) is 0 Å². The van der Waals surface area contributed by atoms with E-state index in [1.54, 1.807) is 18.2 Å². The van der Waals surface area contributed by atoms with Gasteiger partial charge >= 0.3 is 0 Å². The molecule has 0 atom stereocenters. The van der Waals surface area contributed by atoms with E-state index in [0.717, 1.165) is 0 Å². The van der Waals surface area contributed by atoms with Crippen LogP contribution in [0.5, 0.6) is 0 Å². The van der Waals surface area contributed by atoms with Crippen molar-refractivity contribution in [2.24, 2.45) is 5.73 Å². The maximum Gasteiger partial charge on any atom is 0.143 e. The zero-order chi connectivity index (χ0) is 10.3. The van der Waals surface area contributed by atoms with E-state index in [2.05, 4.69) is 15.9 Å². The molecule has 1 aliphatic rings. The predicted molar refractivity (Wildman–Crippen MR) is 55.2 cm³/mol. The van der Waals surface area contributed by atoms with Crippen LogP contribution in [0.15, 0.2) is 22.7 Å². The molecule has 1 fully saturated rings. The Kier molecular flexibility index (Phi) is 2.37. The van der Waals surface area contributed by atoms with Crippen LogP contribution in [0.4, 0.5) is 4.39 Å². The van der Waals surface area contributed by atoms with Gasteiger partial charge in [0.1, 0.15) is 5.82 Å². The van der Waals surface area contributed by atoms with Gasteiger partial charge in [0.15, 0.2) is 0 Å². The summed E-state index contributed by atoms with van der Waals surface area (Å²) >= 11 is 3.09. The number of benzene rings is 1. The molecular weight excluding hydrogens is 249 g/mol. The van der Waals surface area contributed by atoms with Crippen molar-refractivity contribution in [1.29, 1.82) is 0 Å². The largest absolute Gasteiger partial charge is 0.385 e. The highest BCUT2D eigenvalue weighted by Crippen LogP contribution is 2.42. The second kappa shape index (κ2) is 3.29. The van der Waals surface area contributed by atoms with Gasteiger partial charge in [-0.15, -0.1) is 0 Å². The Morgan fingerprint density at radius 3 is 2.71 bits per heavy atom. The van der Waals surface area contributed by atoms with Crippen LogP contribution in [0.1, 0.15) is 18.4 Å². The summed E-state index contributed by atoms with van der Waals surface area (Å²) in [6.07, 6.45) is 0.862. The zero-order valence-electron chi connectivity index (χ0n) is 7.50. The van der Waals surface area contributed by atoms with Crippen molar-refractivity contribution in [3.63, 3.8) is 0 Å². The normalized spacial score (nSPS) is 31.3. The third kappa shape index (κ3) is 1.47. The number of aliphatic hydroxyl groups is 1. The topological polar surface area (TPSA) is 46.2 Å². The molecule has 3 N–H and O–H groups in total. The minimum absolute atomic E-state index is 0.0154. The monoisotopic (exact) mass is 259 g/mol. The van der Waals surface area contributed by atoms with E-state index >= 15 is 0 Å². The quantitative estimate of drug-likeness (QED) is 0.810. The Balaban J connectivity index is 2.37. The van der Waals surface area contributed by atoms with Gasteiger partial charge in [0.05, 0.1) is 10.1 Å². The maximum absolute atomic E-state index is 13.6. The minimum atomic E-state index is -1.06. The molecule has 0 aromatic heterocycles. The Bertz CT molecular complexity index is 363. The molecule has 0 amide bonds. The second-order valence-corrected chi connectivity index (χ2v) is 4.66. The van der Waals surface area contributed by atoms with Crippen LogP contribution in [0, 0.1) is 5.82 Å². The number of hydrogen-bond acceptors (Lipinski definition) is 2. The summed E-state index contributed by atoms with van der Waals surface area (Å²) in [5.41, 5.74) is 4.86. The van der Waals surface area contributed by atoms with Gasteiger partial charge < -0.3 is 10.8 Å². The average molecular weight is 260 g/mol. The third-order valence-electron chi connectivity index (χ3n) is 2.65. The van der Waals surface area contributed by atoms with Gasteiger partial charge in [-0.25, -0.2) is 4.39 Å². The second-order valence-electron chi connectivity index (χ2n) is 3.80. The van der Waals surface area contributed by atoms with Crippen LogP contribution in [-0.2, 0) is 5.60 Å². The lowest BCUT2D eigenvalue weighted by Gasteiger charge is -2.42. The van der Waals surface area contributed by atoms with Crippen molar-refractivity contribution in [1.82, 2.24) is 0 Å². The molecular formula is C10H11BrFNO. The van der Waals surface area contributed by atoms with Crippen molar-refractivity contribution in [2.75, 3.05) is 0 Å². The van der Waals surface area contributed by atoms with E-state index in [4.69, 9.17) is 5.73 Å². The molecule has 4 heteroatoms. The standard InChI is InChI=1S/C10H11BrFNO/c11-8-3-1-2-7(9(8)12)10(14)4-6(13)5-10/h1-3,6,14H,4-5,13H2. The molecule has 0 heterocycles. The Hall–Kier alpha value is -0.450. The van der Waals surface area contributed by atoms with Crippen LogP contribution in [0.25, 0.3) is 0 Å². The molecule has 1 aromatic rings. The molecule has 1 saturated carbocycles. The Morgan fingerprint density at radius 1 is 1.50 bits per heavy atom. The van der Waals surface area contributed by atoms with Gasteiger partial charge in [0.2, 0.25) is 0 Å². The van der Waals surface area contributed by atoms with Crippen LogP contribution in [0.3, 0.4) is 0 Å². The fraction of sp³-hybridized carbons (Fsp3) is 0.400. The molecule has 0 spiro atoms. The summed E-state index contributed by atoms with van der Waals surface area (Å²) in [7, 11) is 0. The summed E-state index contributed by atoms with van der Waals surface area (Å²) in [5, 5.41) is 10.0. The van der Waals surface area contributed by atoms with E-state index in [-0.39, 0.29) is 11.9 Å². The smallest absolute Gasteiger partial charge is 0.143 e. The van der Waals surface area contributed by atoms with Gasteiger partial charge in [0, 0.05) is 11.6 Å². The third-order valence-corrected chi connectivity index (χ3v) is 3.27. The summed E-state index contributed by atoms with van der Waals surface area (Å²) < 4.78 is 14.0. The van der Waals surface area contributed by atoms with Crippen molar-refractivity contribution in [3.8, 4) is 0 Å². The van der Waals surface area contributed by atoms with Crippen molar-refractivity contribution in [3.05, 3.63) is 34.1 Å². The van der Waals surface area contributed by atoms with Gasteiger partial charge in [-0.1, -0.05) is 12.1 Å². The first kappa shape index (κ1) is 10.1. The average Bonchev–Trinajstić information content (AvgIpc) is 2.07. The van der Waals surface area contributed by atoms with Crippen molar-refractivity contribution in [2.45, 2.75) is 24.5 Å². The van der Waals surface area contributed by atoms with E-state index in [9.17, 15) is 9.50 Å². The van der Waals surface area contributed by atoms with E-state index in [1.807, 2.05) is 0 Å². The molecule has 0 radical (unpaired) electrons. The van der Waals surface area contributed by atoms with Crippen LogP contribution in [-0.4, -0.2) is 11.1 Å². The predicted octanol–water partition coefficient (Wildman–Crippen LogP) is 1.90. The van der Waals surface area contributed by atoms with Crippen LogP contribution < -0.4 is 5.73 Å². The summed E-state index contributed by atoms with van der Waals surface area (Å²) in [5.74, 6) is -0.387. The number of nitrogens with two attached hydrogens (primary N) is 1. The van der Waals surface area contributed by atoms with Gasteiger partial charge in [0.25, 0.3) is 0 Å². The lowest BCUT2D eigenvalue weighted by molar-refractivity contribution is -0.0550. The maximum atomic E-state index is 13.6. The lowest BCUT2D eigenvalue weighted by Crippen LogP contribution is -2.49. The van der Waals surface area contributed by atoms with Crippen LogP contribution in [0.2, 0.25) is 0 Å². The zero-order valence-corrected chi connectivity index (χ0v) is 9.09. The highest BCUT2D eigenvalue weighted by Gasteiger charge is 2.44. The van der Waals surface area contributed by atoms with E-state index < -0.39 is 5.60 Å². The first-order valence-corrected chi connectivity index (χ1v) is 5.25. The molecule has 0 bridgehead atoms. The highest BCUT2D eigenvalue weighted by atomic mass is 79.9. The summed E-state index contributed by atoms with van der Waals surface area (Å²) in [4.78, 5) is 0. The highest BCUT2D eigenvalue weighted by molar-refractivity contribution is 9.10. The molecule has 76 valence electrons. The summed E-state index contributed by atoms with van der Waals surface area (Å²) in [6, 6.07) is 4.91. The van der Waals surface area contributed by atoms with Crippen molar-refractivity contribution >= 4 is 15.9 Å². The molecule has 14 heavy (non-hydrogen) atoms. The SMILES string of the molecule is NC1CC(O)(c2cccc(Br)c2F)C1. The molecule has 1 aliphatic carbocycles. The van der Waals surface area contributed by atoms with Gasteiger partial charge in [-0.05, 0) is 34.8 Å². The van der Waals surface area contributed by atoms with Crippen LogP contribution >= 0.6 is 15.9 Å². The number of halogens is 2. The van der Waals surface area contributed by atoms with E-state index in [1.165, 1.54) is 0 Å². The van der Waals surface area contributed by atoms with E-state index in [0.29, 0.717) is 22.9 Å². The molecule has 1 aromatic carbocycles. The van der Waals surface area contributed by atoms with Gasteiger partial charge in [-0.2, -0.15) is 0 Å². The number of hydrogen-bond donors (Lipinski definition) is 2. The fourth-order valence-electron chi connectivity index (χ4n) is 1.89. The molecule has 0 saturated heterocycles. The molecule has 2 nitrogen and oxygen atoms in total. The van der Waals surface area contributed by atoms with Crippen molar-refractivity contribution < 1.29 is 9.50 Å². The Morgan fingerprint density at radius 2 is 2.14 bits per heavy atom. The molecule has 0 aliphatic heterocycles. The molecule has 0 unspecified atom stereocenters. The summed E-state index contributed by atoms with van der Waals surface area (Å²) in [6.45, 7) is 0. The Labute approximate surface area is 90.1 Å². The molecule has 2 rings (SSSR count). The minimum Gasteiger partial charge on any atom is -0.385 e. The first-order valence-electron chi connectivity index (χ1n) is 4.45. The lowest BCUT2D eigenvalue weighted by atomic mass is 9.71. The fourth-order valence-corrected chi connectivity index (χ4v) is 2.26. The first-order chi connectivity index (χ1) is 6.53. The number of rotatable bonds is 1.